The van der Waals surface area contributed by atoms with Crippen LogP contribution in [0.5, 0.6) is 0 Å². The standard InChI is InChI=1S/C22H28N4O3/c1-2-28-22(21-24-20(25-29-21)19-7-4-14-27-19)9-12-26(13-10-22)15-16-5-3-6-18-17(16)8-11-23-18/h3,5-6,8,11,19,23H,2,4,7,9-10,12-15H2,1H3/t19-/m1/s1. The lowest BCUT2D eigenvalue weighted by Crippen LogP contribution is -2.44. The number of nitrogens with one attached hydrogen (secondary N) is 1. The van der Waals surface area contributed by atoms with E-state index in [1.807, 2.05) is 13.1 Å². The minimum absolute atomic E-state index is 0.0342. The van der Waals surface area contributed by atoms with E-state index in [1.54, 1.807) is 0 Å². The summed E-state index contributed by atoms with van der Waals surface area (Å²) < 4.78 is 17.6. The number of aromatic nitrogens is 3. The summed E-state index contributed by atoms with van der Waals surface area (Å²) in [6.45, 7) is 6.21. The van der Waals surface area contributed by atoms with Gasteiger partial charge in [0, 0.05) is 49.9 Å². The Morgan fingerprint density at radius 1 is 1.28 bits per heavy atom. The number of H-pyrrole nitrogens is 1. The molecule has 1 atom stereocenters. The summed E-state index contributed by atoms with van der Waals surface area (Å²) in [5, 5.41) is 5.51. The fourth-order valence-electron chi connectivity index (χ4n) is 4.63. The van der Waals surface area contributed by atoms with Crippen LogP contribution in [0, 0.1) is 0 Å². The number of hydrogen-bond acceptors (Lipinski definition) is 6. The van der Waals surface area contributed by atoms with Crippen molar-refractivity contribution in [2.75, 3.05) is 26.3 Å². The van der Waals surface area contributed by atoms with Crippen LogP contribution in [-0.2, 0) is 21.6 Å². The quantitative estimate of drug-likeness (QED) is 0.680. The monoisotopic (exact) mass is 396 g/mol. The molecule has 29 heavy (non-hydrogen) atoms. The van der Waals surface area contributed by atoms with Gasteiger partial charge in [0.05, 0.1) is 0 Å². The molecule has 2 aromatic heterocycles. The molecule has 5 rings (SSSR count). The van der Waals surface area contributed by atoms with Crippen LogP contribution in [0.4, 0.5) is 0 Å². The van der Waals surface area contributed by atoms with Crippen LogP contribution in [-0.4, -0.2) is 46.3 Å². The van der Waals surface area contributed by atoms with E-state index in [4.69, 9.17) is 19.0 Å². The number of piperidine rings is 1. The molecule has 0 aliphatic carbocycles. The van der Waals surface area contributed by atoms with Crippen molar-refractivity contribution in [3.8, 4) is 0 Å². The van der Waals surface area contributed by atoms with Crippen molar-refractivity contribution in [2.24, 2.45) is 0 Å². The first kappa shape index (κ1) is 18.8. The highest BCUT2D eigenvalue weighted by Crippen LogP contribution is 2.38. The van der Waals surface area contributed by atoms with Crippen LogP contribution in [0.1, 0.15) is 56.0 Å². The first-order valence-corrected chi connectivity index (χ1v) is 10.6. The Balaban J connectivity index is 1.30. The number of ether oxygens (including phenoxy) is 2. The summed E-state index contributed by atoms with van der Waals surface area (Å²) >= 11 is 0. The van der Waals surface area contributed by atoms with Gasteiger partial charge in [-0.15, -0.1) is 0 Å². The Kier molecular flexibility index (Phi) is 5.11. The highest BCUT2D eigenvalue weighted by molar-refractivity contribution is 5.82. The fourth-order valence-corrected chi connectivity index (χ4v) is 4.63. The van der Waals surface area contributed by atoms with Gasteiger partial charge in [-0.25, -0.2) is 0 Å². The highest BCUT2D eigenvalue weighted by Gasteiger charge is 2.42. The molecule has 0 unspecified atom stereocenters. The first-order chi connectivity index (χ1) is 14.3. The molecular formula is C22H28N4O3. The van der Waals surface area contributed by atoms with Gasteiger partial charge < -0.3 is 19.0 Å². The number of aromatic amines is 1. The van der Waals surface area contributed by atoms with E-state index in [0.29, 0.717) is 18.3 Å². The summed E-state index contributed by atoms with van der Waals surface area (Å²) in [5.41, 5.74) is 2.05. The van der Waals surface area contributed by atoms with Crippen molar-refractivity contribution in [2.45, 2.75) is 50.9 Å². The maximum atomic E-state index is 6.22. The van der Waals surface area contributed by atoms with E-state index in [1.165, 1.54) is 16.5 Å². The van der Waals surface area contributed by atoms with Gasteiger partial charge in [-0.05, 0) is 50.3 Å². The van der Waals surface area contributed by atoms with Crippen molar-refractivity contribution in [1.29, 1.82) is 0 Å². The van der Waals surface area contributed by atoms with Gasteiger partial charge in [0.1, 0.15) is 11.7 Å². The molecule has 7 heteroatoms. The number of benzene rings is 1. The Morgan fingerprint density at radius 2 is 2.17 bits per heavy atom. The van der Waals surface area contributed by atoms with Gasteiger partial charge in [0.25, 0.3) is 5.89 Å². The zero-order valence-corrected chi connectivity index (χ0v) is 16.9. The normalized spacial score (nSPS) is 22.4. The number of fused-ring (bicyclic) bond motifs is 1. The summed E-state index contributed by atoms with van der Waals surface area (Å²) in [5.74, 6) is 1.27. The van der Waals surface area contributed by atoms with Gasteiger partial charge in [-0.1, -0.05) is 17.3 Å². The molecule has 7 nitrogen and oxygen atoms in total. The second-order valence-electron chi connectivity index (χ2n) is 8.02. The van der Waals surface area contributed by atoms with Gasteiger partial charge >= 0.3 is 0 Å². The van der Waals surface area contributed by atoms with Crippen LogP contribution < -0.4 is 0 Å². The zero-order valence-electron chi connectivity index (χ0n) is 16.9. The van der Waals surface area contributed by atoms with E-state index in [2.05, 4.69) is 39.3 Å². The van der Waals surface area contributed by atoms with Crippen molar-refractivity contribution < 1.29 is 14.0 Å². The van der Waals surface area contributed by atoms with Crippen LogP contribution in [0.2, 0.25) is 0 Å². The molecule has 0 bridgehead atoms. The van der Waals surface area contributed by atoms with E-state index >= 15 is 0 Å². The van der Waals surface area contributed by atoms with Gasteiger partial charge in [0.15, 0.2) is 0 Å². The third-order valence-corrected chi connectivity index (χ3v) is 6.21. The molecule has 0 radical (unpaired) electrons. The second kappa shape index (κ2) is 7.89. The molecule has 2 aliphatic rings. The average molecular weight is 396 g/mol. The maximum absolute atomic E-state index is 6.22. The maximum Gasteiger partial charge on any atom is 0.259 e. The molecule has 4 heterocycles. The lowest BCUT2D eigenvalue weighted by atomic mass is 9.90. The highest BCUT2D eigenvalue weighted by atomic mass is 16.5. The summed E-state index contributed by atoms with van der Waals surface area (Å²) in [6, 6.07) is 8.61. The third-order valence-electron chi connectivity index (χ3n) is 6.21. The van der Waals surface area contributed by atoms with Crippen LogP contribution in [0.25, 0.3) is 10.9 Å². The van der Waals surface area contributed by atoms with Crippen LogP contribution in [0.15, 0.2) is 35.0 Å². The van der Waals surface area contributed by atoms with E-state index < -0.39 is 5.60 Å². The minimum atomic E-state index is -0.491. The summed E-state index contributed by atoms with van der Waals surface area (Å²) in [6.07, 6.45) is 5.67. The second-order valence-corrected chi connectivity index (χ2v) is 8.02. The number of likely N-dealkylation sites (tertiary alicyclic amines) is 1. The average Bonchev–Trinajstić information content (AvgIpc) is 3.50. The minimum Gasteiger partial charge on any atom is -0.370 e. The SMILES string of the molecule is CCOC1(c2nc([C@H]3CCCO3)no2)CCN(Cc2cccc3[nH]ccc23)CC1. The molecule has 1 N–H and O–H groups in total. The molecule has 3 aromatic rings. The van der Waals surface area contributed by atoms with Crippen LogP contribution in [0.3, 0.4) is 0 Å². The third kappa shape index (κ3) is 3.58. The summed E-state index contributed by atoms with van der Waals surface area (Å²) in [4.78, 5) is 10.5. The first-order valence-electron chi connectivity index (χ1n) is 10.6. The van der Waals surface area contributed by atoms with Gasteiger partial charge in [0.2, 0.25) is 5.82 Å². The lowest BCUT2D eigenvalue weighted by molar-refractivity contribution is -0.104. The predicted molar refractivity (Wildman–Crippen MR) is 108 cm³/mol. The van der Waals surface area contributed by atoms with Crippen molar-refractivity contribution >= 4 is 10.9 Å². The number of rotatable bonds is 6. The predicted octanol–water partition coefficient (Wildman–Crippen LogP) is 3.93. The smallest absolute Gasteiger partial charge is 0.259 e. The molecule has 0 amide bonds. The van der Waals surface area contributed by atoms with E-state index in [0.717, 1.165) is 51.9 Å². The lowest BCUT2D eigenvalue weighted by Gasteiger charge is -2.39. The summed E-state index contributed by atoms with van der Waals surface area (Å²) in [7, 11) is 0. The molecule has 2 fully saturated rings. The van der Waals surface area contributed by atoms with E-state index in [9.17, 15) is 0 Å². The number of nitrogens with zero attached hydrogens (tertiary/aromatic N) is 3. The molecular weight excluding hydrogens is 368 g/mol. The molecule has 2 aliphatic heterocycles. The van der Waals surface area contributed by atoms with Gasteiger partial charge in [-0.3, -0.25) is 4.90 Å². The van der Waals surface area contributed by atoms with E-state index in [-0.39, 0.29) is 6.10 Å². The molecule has 2 saturated heterocycles. The molecule has 0 spiro atoms. The largest absolute Gasteiger partial charge is 0.370 e. The van der Waals surface area contributed by atoms with Crippen molar-refractivity contribution in [3.05, 3.63) is 47.7 Å². The van der Waals surface area contributed by atoms with Crippen molar-refractivity contribution in [1.82, 2.24) is 20.0 Å². The fraction of sp³-hybridized carbons (Fsp3) is 0.545. The topological polar surface area (TPSA) is 76.4 Å². The van der Waals surface area contributed by atoms with Crippen LogP contribution >= 0.6 is 0 Å². The van der Waals surface area contributed by atoms with Gasteiger partial charge in [-0.2, -0.15) is 4.98 Å². The Bertz CT molecular complexity index is 952. The zero-order chi connectivity index (χ0) is 19.7. The Morgan fingerprint density at radius 3 is 2.97 bits per heavy atom. The number of hydrogen-bond donors (Lipinski definition) is 1. The molecule has 154 valence electrons. The van der Waals surface area contributed by atoms with Crippen molar-refractivity contribution in [3.63, 3.8) is 0 Å². The Labute approximate surface area is 170 Å². The Hall–Kier alpha value is -2.22. The molecule has 1 aromatic carbocycles. The molecule has 0 saturated carbocycles.